The standard InChI is InChI=1S/C18H21N3O5/c1-26-18(25)14-3-2-4-15(17(14)20-10-13(23)11-22)21-16(24)9-12-5-7-19-8-6-12/h2-8,13,20,22-23H,9-11H2,1H3,(H,21,24). The van der Waals surface area contributed by atoms with E-state index >= 15 is 0 Å². The number of carbonyl (C=O) groups excluding carboxylic acids is 2. The molecule has 0 radical (unpaired) electrons. The summed E-state index contributed by atoms with van der Waals surface area (Å²) in [6, 6.07) is 8.26. The Labute approximate surface area is 150 Å². The number of esters is 1. The lowest BCUT2D eigenvalue weighted by Gasteiger charge is -2.18. The number of nitrogens with one attached hydrogen (secondary N) is 2. The van der Waals surface area contributed by atoms with Gasteiger partial charge in [-0.2, -0.15) is 0 Å². The minimum absolute atomic E-state index is 0.00225. The normalized spacial score (nSPS) is 11.5. The second kappa shape index (κ2) is 9.50. The number of aromatic nitrogens is 1. The molecular weight excluding hydrogens is 338 g/mol. The number of amides is 1. The van der Waals surface area contributed by atoms with Crippen LogP contribution in [0.5, 0.6) is 0 Å². The van der Waals surface area contributed by atoms with Gasteiger partial charge in [-0.25, -0.2) is 4.79 Å². The van der Waals surface area contributed by atoms with Crippen LogP contribution in [0.2, 0.25) is 0 Å². The van der Waals surface area contributed by atoms with Crippen LogP contribution in [0.15, 0.2) is 42.7 Å². The van der Waals surface area contributed by atoms with Gasteiger partial charge in [0.2, 0.25) is 5.91 Å². The van der Waals surface area contributed by atoms with Crippen molar-refractivity contribution >= 4 is 23.3 Å². The van der Waals surface area contributed by atoms with Gasteiger partial charge in [0, 0.05) is 18.9 Å². The molecule has 1 aromatic heterocycles. The first-order valence-corrected chi connectivity index (χ1v) is 7.98. The van der Waals surface area contributed by atoms with Crippen molar-refractivity contribution in [2.24, 2.45) is 0 Å². The van der Waals surface area contributed by atoms with Crippen molar-refractivity contribution < 1.29 is 24.5 Å². The average molecular weight is 359 g/mol. The molecule has 138 valence electrons. The summed E-state index contributed by atoms with van der Waals surface area (Å²) in [6.07, 6.45) is 2.33. The van der Waals surface area contributed by atoms with Crippen molar-refractivity contribution in [1.29, 1.82) is 0 Å². The summed E-state index contributed by atoms with van der Waals surface area (Å²) in [6.45, 7) is -0.436. The van der Waals surface area contributed by atoms with E-state index in [-0.39, 0.29) is 24.4 Å². The maximum atomic E-state index is 12.3. The summed E-state index contributed by atoms with van der Waals surface area (Å²) in [5.41, 5.74) is 1.69. The number of carbonyl (C=O) groups is 2. The number of methoxy groups -OCH3 is 1. The van der Waals surface area contributed by atoms with Crippen LogP contribution in [-0.2, 0) is 16.0 Å². The molecule has 0 aliphatic rings. The van der Waals surface area contributed by atoms with Gasteiger partial charge in [0.1, 0.15) is 0 Å². The van der Waals surface area contributed by atoms with Crippen molar-refractivity contribution in [2.45, 2.75) is 12.5 Å². The minimum atomic E-state index is -1.01. The number of benzene rings is 1. The third kappa shape index (κ3) is 5.27. The maximum absolute atomic E-state index is 12.3. The number of rotatable bonds is 8. The summed E-state index contributed by atoms with van der Waals surface area (Å²) in [4.78, 5) is 28.2. The molecule has 0 spiro atoms. The Morgan fingerprint density at radius 3 is 2.62 bits per heavy atom. The number of pyridine rings is 1. The van der Waals surface area contributed by atoms with Gasteiger partial charge in [0.05, 0.1) is 43.2 Å². The van der Waals surface area contributed by atoms with E-state index in [1.807, 2.05) is 0 Å². The summed E-state index contributed by atoms with van der Waals surface area (Å²) in [7, 11) is 1.25. The summed E-state index contributed by atoms with van der Waals surface area (Å²) in [5, 5.41) is 24.1. The quantitative estimate of drug-likeness (QED) is 0.515. The Bertz CT molecular complexity index is 752. The summed E-state index contributed by atoms with van der Waals surface area (Å²) >= 11 is 0. The average Bonchev–Trinajstić information content (AvgIpc) is 2.66. The highest BCUT2D eigenvalue weighted by atomic mass is 16.5. The SMILES string of the molecule is COC(=O)c1cccc(NC(=O)Cc2ccncc2)c1NCC(O)CO. The Kier molecular flexibility index (Phi) is 7.07. The zero-order chi connectivity index (χ0) is 18.9. The van der Waals surface area contributed by atoms with E-state index < -0.39 is 18.7 Å². The molecule has 1 heterocycles. The fourth-order valence-electron chi connectivity index (χ4n) is 2.29. The van der Waals surface area contributed by atoms with Crippen molar-refractivity contribution in [1.82, 2.24) is 4.98 Å². The second-order valence-electron chi connectivity index (χ2n) is 5.52. The Morgan fingerprint density at radius 2 is 1.96 bits per heavy atom. The number of ether oxygens (including phenoxy) is 1. The molecule has 8 nitrogen and oxygen atoms in total. The fourth-order valence-corrected chi connectivity index (χ4v) is 2.29. The van der Waals surface area contributed by atoms with E-state index in [0.717, 1.165) is 5.56 Å². The third-order valence-electron chi connectivity index (χ3n) is 3.58. The van der Waals surface area contributed by atoms with Gasteiger partial charge in [-0.1, -0.05) is 6.07 Å². The van der Waals surface area contributed by atoms with E-state index in [1.165, 1.54) is 13.2 Å². The minimum Gasteiger partial charge on any atom is -0.465 e. The van der Waals surface area contributed by atoms with Crippen LogP contribution in [0.25, 0.3) is 0 Å². The first kappa shape index (κ1) is 19.4. The van der Waals surface area contributed by atoms with E-state index in [2.05, 4.69) is 15.6 Å². The molecular formula is C18H21N3O5. The van der Waals surface area contributed by atoms with Crippen LogP contribution in [0.1, 0.15) is 15.9 Å². The lowest BCUT2D eigenvalue weighted by atomic mass is 10.1. The van der Waals surface area contributed by atoms with Crippen LogP contribution in [0, 0.1) is 0 Å². The third-order valence-corrected chi connectivity index (χ3v) is 3.58. The predicted molar refractivity (Wildman–Crippen MR) is 95.9 cm³/mol. The molecule has 2 rings (SSSR count). The largest absolute Gasteiger partial charge is 0.465 e. The van der Waals surface area contributed by atoms with E-state index in [1.54, 1.807) is 36.7 Å². The van der Waals surface area contributed by atoms with Crippen molar-refractivity contribution in [3.05, 3.63) is 53.9 Å². The van der Waals surface area contributed by atoms with Crippen LogP contribution < -0.4 is 10.6 Å². The molecule has 0 aliphatic heterocycles. The summed E-state index contributed by atoms with van der Waals surface area (Å²) < 4.78 is 4.76. The van der Waals surface area contributed by atoms with Crippen LogP contribution >= 0.6 is 0 Å². The number of hydrogen-bond donors (Lipinski definition) is 4. The molecule has 1 unspecified atom stereocenters. The number of aliphatic hydroxyl groups excluding tert-OH is 2. The Morgan fingerprint density at radius 1 is 1.23 bits per heavy atom. The van der Waals surface area contributed by atoms with Gasteiger partial charge in [-0.05, 0) is 29.8 Å². The van der Waals surface area contributed by atoms with Crippen LogP contribution in [0.3, 0.4) is 0 Å². The monoisotopic (exact) mass is 359 g/mol. The number of aliphatic hydroxyl groups is 2. The van der Waals surface area contributed by atoms with Gasteiger partial charge in [-0.3, -0.25) is 9.78 Å². The number of nitrogens with zero attached hydrogens (tertiary/aromatic N) is 1. The maximum Gasteiger partial charge on any atom is 0.340 e. The number of para-hydroxylation sites is 1. The van der Waals surface area contributed by atoms with Crippen molar-refractivity contribution in [3.63, 3.8) is 0 Å². The predicted octanol–water partition coefficient (Wildman–Crippen LogP) is 0.814. The number of hydrogen-bond acceptors (Lipinski definition) is 7. The molecule has 0 aliphatic carbocycles. The highest BCUT2D eigenvalue weighted by Gasteiger charge is 2.17. The Hall–Kier alpha value is -2.97. The lowest BCUT2D eigenvalue weighted by molar-refractivity contribution is -0.115. The molecule has 4 N–H and O–H groups in total. The molecule has 0 bridgehead atoms. The highest BCUT2D eigenvalue weighted by molar-refractivity contribution is 6.03. The van der Waals surface area contributed by atoms with Crippen LogP contribution in [-0.4, -0.2) is 53.4 Å². The topological polar surface area (TPSA) is 121 Å². The molecule has 0 saturated carbocycles. The van der Waals surface area contributed by atoms with Crippen molar-refractivity contribution in [2.75, 3.05) is 30.9 Å². The highest BCUT2D eigenvalue weighted by Crippen LogP contribution is 2.27. The lowest BCUT2D eigenvalue weighted by Crippen LogP contribution is -2.25. The molecule has 8 heteroatoms. The molecule has 0 fully saturated rings. The summed E-state index contributed by atoms with van der Waals surface area (Å²) in [5.74, 6) is -0.861. The van der Waals surface area contributed by atoms with Gasteiger partial charge in [0.15, 0.2) is 0 Å². The van der Waals surface area contributed by atoms with Gasteiger partial charge in [-0.15, -0.1) is 0 Å². The molecule has 2 aromatic rings. The smallest absolute Gasteiger partial charge is 0.340 e. The Balaban J connectivity index is 2.22. The van der Waals surface area contributed by atoms with Gasteiger partial charge >= 0.3 is 5.97 Å². The van der Waals surface area contributed by atoms with Crippen molar-refractivity contribution in [3.8, 4) is 0 Å². The number of anilines is 2. The molecule has 1 atom stereocenters. The van der Waals surface area contributed by atoms with E-state index in [4.69, 9.17) is 9.84 Å². The fraction of sp³-hybridized carbons (Fsp3) is 0.278. The second-order valence-corrected chi connectivity index (χ2v) is 5.52. The van der Waals surface area contributed by atoms with E-state index in [9.17, 15) is 14.7 Å². The zero-order valence-electron chi connectivity index (χ0n) is 14.3. The molecule has 1 aromatic carbocycles. The van der Waals surface area contributed by atoms with Gasteiger partial charge in [0.25, 0.3) is 0 Å². The first-order valence-electron chi connectivity index (χ1n) is 7.98. The van der Waals surface area contributed by atoms with E-state index in [0.29, 0.717) is 11.4 Å². The van der Waals surface area contributed by atoms with Gasteiger partial charge < -0.3 is 25.6 Å². The molecule has 26 heavy (non-hydrogen) atoms. The first-order chi connectivity index (χ1) is 12.5. The van der Waals surface area contributed by atoms with Crippen LogP contribution in [0.4, 0.5) is 11.4 Å². The molecule has 0 saturated heterocycles. The zero-order valence-corrected chi connectivity index (χ0v) is 14.3. The molecule has 1 amide bonds.